The first-order chi connectivity index (χ1) is 8.32. The van der Waals surface area contributed by atoms with Crippen molar-refractivity contribution < 1.29 is 14.7 Å². The molecule has 0 radical (unpaired) electrons. The van der Waals surface area contributed by atoms with Gasteiger partial charge >= 0.3 is 5.97 Å². The average Bonchev–Trinajstić information content (AvgIpc) is 2.26. The number of hydrogen-bond donors (Lipinski definition) is 2. The number of carboxylic acid groups (broad SMARTS) is 1. The standard InChI is InChI=1S/C12H17N3O3/c1-14(2)12(18)9-5-4-8(13)6-10(9)15(3)7-11(16)17/h4-6H,7,13H2,1-3H3,(H,16,17). The molecular formula is C12H17N3O3. The molecule has 0 aliphatic heterocycles. The summed E-state index contributed by atoms with van der Waals surface area (Å²) in [6.45, 7) is -0.197. The molecule has 1 rings (SSSR count). The number of nitrogens with two attached hydrogens (primary N) is 1. The molecule has 0 aliphatic carbocycles. The van der Waals surface area contributed by atoms with Crippen LogP contribution < -0.4 is 10.6 Å². The number of nitrogens with zero attached hydrogens (tertiary/aromatic N) is 2. The highest BCUT2D eigenvalue weighted by molar-refractivity contribution is 6.00. The van der Waals surface area contributed by atoms with Crippen LogP contribution in [0.25, 0.3) is 0 Å². The van der Waals surface area contributed by atoms with E-state index >= 15 is 0 Å². The second-order valence-electron chi connectivity index (χ2n) is 4.23. The lowest BCUT2D eigenvalue weighted by Gasteiger charge is -2.22. The maximum Gasteiger partial charge on any atom is 0.323 e. The lowest BCUT2D eigenvalue weighted by molar-refractivity contribution is -0.135. The Morgan fingerprint density at radius 3 is 2.39 bits per heavy atom. The summed E-state index contributed by atoms with van der Waals surface area (Å²) in [5.74, 6) is -1.16. The number of rotatable bonds is 4. The van der Waals surface area contributed by atoms with E-state index in [4.69, 9.17) is 10.8 Å². The summed E-state index contributed by atoms with van der Waals surface area (Å²) < 4.78 is 0. The fraction of sp³-hybridized carbons (Fsp3) is 0.333. The zero-order chi connectivity index (χ0) is 13.9. The van der Waals surface area contributed by atoms with Crippen LogP contribution in [0.5, 0.6) is 0 Å². The van der Waals surface area contributed by atoms with E-state index in [1.165, 1.54) is 9.80 Å². The van der Waals surface area contributed by atoms with Gasteiger partial charge in [-0.3, -0.25) is 9.59 Å². The summed E-state index contributed by atoms with van der Waals surface area (Å²) in [5, 5.41) is 8.78. The molecule has 98 valence electrons. The van der Waals surface area contributed by atoms with E-state index in [0.29, 0.717) is 16.9 Å². The van der Waals surface area contributed by atoms with Crippen LogP contribution in [0.4, 0.5) is 11.4 Å². The molecule has 6 heteroatoms. The summed E-state index contributed by atoms with van der Waals surface area (Å²) in [4.78, 5) is 25.6. The first-order valence-corrected chi connectivity index (χ1v) is 5.37. The lowest BCUT2D eigenvalue weighted by atomic mass is 10.1. The molecule has 0 aromatic heterocycles. The third-order valence-corrected chi connectivity index (χ3v) is 2.44. The second-order valence-corrected chi connectivity index (χ2v) is 4.23. The molecule has 0 heterocycles. The molecule has 0 fully saturated rings. The predicted octanol–water partition coefficient (Wildman–Crippen LogP) is 0.491. The van der Waals surface area contributed by atoms with E-state index < -0.39 is 5.97 Å². The summed E-state index contributed by atoms with van der Waals surface area (Å²) in [6.07, 6.45) is 0. The molecule has 0 saturated heterocycles. The third-order valence-electron chi connectivity index (χ3n) is 2.44. The second kappa shape index (κ2) is 5.39. The maximum absolute atomic E-state index is 12.0. The minimum Gasteiger partial charge on any atom is -0.480 e. The van der Waals surface area contributed by atoms with Gasteiger partial charge in [0.25, 0.3) is 5.91 Å². The van der Waals surface area contributed by atoms with Gasteiger partial charge in [-0.25, -0.2) is 0 Å². The summed E-state index contributed by atoms with van der Waals surface area (Å²) in [5.41, 5.74) is 7.10. The molecule has 0 spiro atoms. The smallest absolute Gasteiger partial charge is 0.323 e. The SMILES string of the molecule is CN(C)C(=O)c1ccc(N)cc1N(C)CC(=O)O. The summed E-state index contributed by atoms with van der Waals surface area (Å²) in [7, 11) is 4.88. The monoisotopic (exact) mass is 251 g/mol. The van der Waals surface area contributed by atoms with Gasteiger partial charge in [-0.2, -0.15) is 0 Å². The Labute approximate surface area is 106 Å². The molecule has 1 aromatic carbocycles. The van der Waals surface area contributed by atoms with Crippen molar-refractivity contribution in [2.45, 2.75) is 0 Å². The molecule has 6 nitrogen and oxygen atoms in total. The van der Waals surface area contributed by atoms with Crippen molar-refractivity contribution in [1.82, 2.24) is 4.90 Å². The third kappa shape index (κ3) is 3.13. The van der Waals surface area contributed by atoms with Gasteiger partial charge in [-0.1, -0.05) is 0 Å². The molecule has 1 aromatic rings. The number of nitrogen functional groups attached to an aromatic ring is 1. The van der Waals surface area contributed by atoms with Crippen molar-refractivity contribution >= 4 is 23.3 Å². The molecule has 0 saturated carbocycles. The Morgan fingerprint density at radius 1 is 1.28 bits per heavy atom. The molecule has 0 unspecified atom stereocenters. The van der Waals surface area contributed by atoms with E-state index in [-0.39, 0.29) is 12.5 Å². The van der Waals surface area contributed by atoms with Crippen LogP contribution in [0, 0.1) is 0 Å². The minimum atomic E-state index is -0.969. The highest BCUT2D eigenvalue weighted by atomic mass is 16.4. The zero-order valence-electron chi connectivity index (χ0n) is 10.7. The maximum atomic E-state index is 12.0. The molecule has 3 N–H and O–H groups in total. The van der Waals surface area contributed by atoms with Crippen molar-refractivity contribution in [3.05, 3.63) is 23.8 Å². The molecule has 0 bridgehead atoms. The fourth-order valence-electron chi connectivity index (χ4n) is 1.57. The summed E-state index contributed by atoms with van der Waals surface area (Å²) >= 11 is 0. The first kappa shape index (κ1) is 13.8. The number of carbonyl (C=O) groups excluding carboxylic acids is 1. The van der Waals surface area contributed by atoms with Crippen molar-refractivity contribution in [3.63, 3.8) is 0 Å². The van der Waals surface area contributed by atoms with Gasteiger partial charge in [0, 0.05) is 26.8 Å². The van der Waals surface area contributed by atoms with Gasteiger partial charge in [0.15, 0.2) is 0 Å². The van der Waals surface area contributed by atoms with Crippen LogP contribution in [-0.2, 0) is 4.79 Å². The van der Waals surface area contributed by atoms with Crippen LogP contribution in [-0.4, -0.2) is 49.6 Å². The quantitative estimate of drug-likeness (QED) is 0.760. The Hall–Kier alpha value is -2.24. The lowest BCUT2D eigenvalue weighted by Crippen LogP contribution is -2.29. The Bertz CT molecular complexity index is 472. The van der Waals surface area contributed by atoms with Crippen LogP contribution in [0.15, 0.2) is 18.2 Å². The first-order valence-electron chi connectivity index (χ1n) is 5.37. The zero-order valence-corrected chi connectivity index (χ0v) is 10.7. The van der Waals surface area contributed by atoms with Crippen molar-refractivity contribution in [1.29, 1.82) is 0 Å². The number of carbonyl (C=O) groups is 2. The van der Waals surface area contributed by atoms with E-state index in [1.807, 2.05) is 0 Å². The summed E-state index contributed by atoms with van der Waals surface area (Å²) in [6, 6.07) is 4.82. The topological polar surface area (TPSA) is 86.9 Å². The molecule has 18 heavy (non-hydrogen) atoms. The van der Waals surface area contributed by atoms with Gasteiger partial charge in [0.1, 0.15) is 6.54 Å². The Balaban J connectivity index is 3.19. The van der Waals surface area contributed by atoms with E-state index in [2.05, 4.69) is 0 Å². The number of benzene rings is 1. The number of amides is 1. The van der Waals surface area contributed by atoms with Gasteiger partial charge in [-0.05, 0) is 18.2 Å². The number of carboxylic acids is 1. The minimum absolute atomic E-state index is 0.192. The van der Waals surface area contributed by atoms with Gasteiger partial charge < -0.3 is 20.6 Å². The highest BCUT2D eigenvalue weighted by Crippen LogP contribution is 2.23. The van der Waals surface area contributed by atoms with Crippen LogP contribution in [0.3, 0.4) is 0 Å². The molecular weight excluding hydrogens is 234 g/mol. The van der Waals surface area contributed by atoms with Crippen molar-refractivity contribution in [2.75, 3.05) is 38.3 Å². The molecule has 1 amide bonds. The number of hydrogen-bond acceptors (Lipinski definition) is 4. The average molecular weight is 251 g/mol. The molecule has 0 atom stereocenters. The van der Waals surface area contributed by atoms with Gasteiger partial charge in [0.2, 0.25) is 0 Å². The number of aliphatic carboxylic acids is 1. The van der Waals surface area contributed by atoms with Crippen molar-refractivity contribution in [2.24, 2.45) is 0 Å². The predicted molar refractivity (Wildman–Crippen MR) is 69.8 cm³/mol. The fourth-order valence-corrected chi connectivity index (χ4v) is 1.57. The van der Waals surface area contributed by atoms with Crippen LogP contribution in [0.1, 0.15) is 10.4 Å². The molecule has 0 aliphatic rings. The van der Waals surface area contributed by atoms with Gasteiger partial charge in [-0.15, -0.1) is 0 Å². The normalized spacial score (nSPS) is 9.94. The van der Waals surface area contributed by atoms with E-state index in [9.17, 15) is 9.59 Å². The van der Waals surface area contributed by atoms with Crippen LogP contribution in [0.2, 0.25) is 0 Å². The highest BCUT2D eigenvalue weighted by Gasteiger charge is 2.17. The van der Waals surface area contributed by atoms with Crippen molar-refractivity contribution in [3.8, 4) is 0 Å². The Kier molecular flexibility index (Phi) is 4.14. The largest absolute Gasteiger partial charge is 0.480 e. The van der Waals surface area contributed by atoms with E-state index in [0.717, 1.165) is 0 Å². The van der Waals surface area contributed by atoms with Gasteiger partial charge in [0.05, 0.1) is 11.3 Å². The number of anilines is 2. The Morgan fingerprint density at radius 2 is 1.89 bits per heavy atom. The van der Waals surface area contributed by atoms with Crippen LogP contribution >= 0.6 is 0 Å². The van der Waals surface area contributed by atoms with E-state index in [1.54, 1.807) is 39.3 Å². The number of likely N-dealkylation sites (N-methyl/N-ethyl adjacent to an activating group) is 1.